The zero-order valence-corrected chi connectivity index (χ0v) is 14.7. The van der Waals surface area contributed by atoms with Crippen LogP contribution in [0.1, 0.15) is 10.4 Å². The van der Waals surface area contributed by atoms with Crippen LogP contribution in [-0.4, -0.2) is 38.6 Å². The monoisotopic (exact) mass is 368 g/mol. The Morgan fingerprint density at radius 1 is 1.29 bits per heavy atom. The average molecular weight is 369 g/mol. The molecule has 0 spiro atoms. The van der Waals surface area contributed by atoms with E-state index in [0.29, 0.717) is 28.7 Å². The summed E-state index contributed by atoms with van der Waals surface area (Å²) < 4.78 is 5.60. The molecule has 1 aromatic heterocycles. The molecule has 2 rings (SSSR count). The van der Waals surface area contributed by atoms with Crippen LogP contribution in [0.2, 0.25) is 5.02 Å². The highest BCUT2D eigenvalue weighted by Gasteiger charge is 2.15. The lowest BCUT2D eigenvalue weighted by Gasteiger charge is -2.14. The summed E-state index contributed by atoms with van der Waals surface area (Å²) in [6.07, 6.45) is 0. The van der Waals surface area contributed by atoms with Crippen LogP contribution in [0.3, 0.4) is 0 Å². The van der Waals surface area contributed by atoms with Crippen LogP contribution in [0.15, 0.2) is 35.7 Å². The van der Waals surface area contributed by atoms with E-state index in [-0.39, 0.29) is 12.5 Å². The van der Waals surface area contributed by atoms with Crippen molar-refractivity contribution in [2.24, 2.45) is 5.73 Å². The van der Waals surface area contributed by atoms with Crippen molar-refractivity contribution in [3.8, 4) is 5.75 Å². The van der Waals surface area contributed by atoms with Gasteiger partial charge in [-0.25, -0.2) is 0 Å². The molecule has 0 bridgehead atoms. The molecule has 2 aromatic rings. The van der Waals surface area contributed by atoms with E-state index in [0.717, 1.165) is 10.6 Å². The Bertz CT molecular complexity index is 703. The van der Waals surface area contributed by atoms with Crippen molar-refractivity contribution in [1.82, 2.24) is 0 Å². The predicted octanol–water partition coefficient (Wildman–Crippen LogP) is 1.03. The fourth-order valence-electron chi connectivity index (χ4n) is 2.01. The van der Waals surface area contributed by atoms with Crippen molar-refractivity contribution in [3.63, 3.8) is 0 Å². The average Bonchev–Trinajstić information content (AvgIpc) is 2.97. The number of benzene rings is 1. The fourth-order valence-corrected chi connectivity index (χ4v) is 2.94. The van der Waals surface area contributed by atoms with Crippen LogP contribution >= 0.6 is 22.9 Å². The molecule has 0 radical (unpaired) electrons. The molecular weight excluding hydrogens is 350 g/mol. The van der Waals surface area contributed by atoms with Gasteiger partial charge in [0.05, 0.1) is 12.6 Å². The minimum Gasteiger partial charge on any atom is -0.488 e. The molecule has 8 heteroatoms. The van der Waals surface area contributed by atoms with E-state index >= 15 is 0 Å². The third kappa shape index (κ3) is 5.52. The molecule has 0 aliphatic rings. The minimum atomic E-state index is -0.552. The second-order valence-electron chi connectivity index (χ2n) is 5.26. The quantitative estimate of drug-likeness (QED) is 0.650. The molecule has 128 valence electrons. The molecular formula is C16H19ClN3O3S+. The largest absolute Gasteiger partial charge is 0.488 e. The Morgan fingerprint density at radius 2 is 2.00 bits per heavy atom. The molecule has 0 saturated carbocycles. The number of hydrogen-bond donors (Lipinski definition) is 3. The Balaban J connectivity index is 1.74. The second kappa shape index (κ2) is 8.68. The number of amides is 2. The van der Waals surface area contributed by atoms with Crippen LogP contribution in [0, 0.1) is 0 Å². The third-order valence-corrected chi connectivity index (χ3v) is 4.34. The summed E-state index contributed by atoms with van der Waals surface area (Å²) in [6, 6.07) is 8.72. The fraction of sp³-hybridized carbons (Fsp3) is 0.250. The first-order valence-corrected chi connectivity index (χ1v) is 8.58. The van der Waals surface area contributed by atoms with Crippen molar-refractivity contribution in [2.75, 3.05) is 32.1 Å². The lowest BCUT2D eigenvalue weighted by Crippen LogP contribution is -3.10. The number of nitrogens with one attached hydrogen (secondary N) is 2. The Hall–Kier alpha value is -2.09. The lowest BCUT2D eigenvalue weighted by molar-refractivity contribution is -0.871. The Morgan fingerprint density at radius 3 is 2.67 bits per heavy atom. The number of thiophene rings is 1. The number of quaternary nitrogens is 1. The van der Waals surface area contributed by atoms with Gasteiger partial charge in [0.25, 0.3) is 11.8 Å². The highest BCUT2D eigenvalue weighted by atomic mass is 35.5. The topological polar surface area (TPSA) is 85.9 Å². The first kappa shape index (κ1) is 18.3. The number of primary amides is 1. The number of nitrogens with two attached hydrogens (primary N) is 1. The van der Waals surface area contributed by atoms with Gasteiger partial charge in [0, 0.05) is 5.02 Å². The Kier molecular flexibility index (Phi) is 6.60. The smallest absolute Gasteiger partial charge is 0.280 e. The second-order valence-corrected chi connectivity index (χ2v) is 6.61. The Labute approximate surface area is 149 Å². The minimum absolute atomic E-state index is 0.177. The number of hydrogen-bond acceptors (Lipinski definition) is 4. The van der Waals surface area contributed by atoms with Gasteiger partial charge in [0.2, 0.25) is 0 Å². The standard InChI is InChI=1S/C16H18ClN3O3S/c1-20(7-8-23-12-4-2-11(17)3-5-12)10-14(21)19-16-13(15(18)22)6-9-24-16/h2-6,9H,7-8,10H2,1H3,(H2,18,22)(H,19,21)/p+1. The van der Waals surface area contributed by atoms with Crippen LogP contribution in [0.25, 0.3) is 0 Å². The van der Waals surface area contributed by atoms with Gasteiger partial charge < -0.3 is 20.7 Å². The van der Waals surface area contributed by atoms with E-state index in [4.69, 9.17) is 22.1 Å². The summed E-state index contributed by atoms with van der Waals surface area (Å²) in [5.41, 5.74) is 5.58. The summed E-state index contributed by atoms with van der Waals surface area (Å²) in [5.74, 6) is 0.00824. The molecule has 4 N–H and O–H groups in total. The van der Waals surface area contributed by atoms with Gasteiger partial charge >= 0.3 is 0 Å². The predicted molar refractivity (Wildman–Crippen MR) is 95.0 cm³/mol. The summed E-state index contributed by atoms with van der Waals surface area (Å²) in [6.45, 7) is 1.40. The van der Waals surface area contributed by atoms with Crippen molar-refractivity contribution in [2.45, 2.75) is 0 Å². The molecule has 1 unspecified atom stereocenters. The van der Waals surface area contributed by atoms with Gasteiger partial charge in [-0.15, -0.1) is 11.3 Å². The summed E-state index contributed by atoms with van der Waals surface area (Å²) in [4.78, 5) is 24.2. The van der Waals surface area contributed by atoms with E-state index in [9.17, 15) is 9.59 Å². The number of halogens is 1. The molecule has 2 amide bonds. The van der Waals surface area contributed by atoms with Gasteiger partial charge in [-0.2, -0.15) is 0 Å². The van der Waals surface area contributed by atoms with E-state index in [2.05, 4.69) is 5.32 Å². The maximum Gasteiger partial charge on any atom is 0.280 e. The van der Waals surface area contributed by atoms with Crippen LogP contribution in [-0.2, 0) is 4.79 Å². The van der Waals surface area contributed by atoms with Crippen LogP contribution < -0.4 is 20.7 Å². The molecule has 0 aliphatic heterocycles. The number of anilines is 1. The summed E-state index contributed by atoms with van der Waals surface area (Å²) >= 11 is 7.08. The highest BCUT2D eigenvalue weighted by Crippen LogP contribution is 2.22. The SMILES string of the molecule is C[NH+](CCOc1ccc(Cl)cc1)CC(=O)Nc1sccc1C(N)=O. The number of ether oxygens (including phenoxy) is 1. The molecule has 6 nitrogen and oxygen atoms in total. The van der Waals surface area contributed by atoms with E-state index < -0.39 is 5.91 Å². The molecule has 1 atom stereocenters. The van der Waals surface area contributed by atoms with Gasteiger partial charge in [-0.3, -0.25) is 9.59 Å². The van der Waals surface area contributed by atoms with Crippen molar-refractivity contribution in [1.29, 1.82) is 0 Å². The van der Waals surface area contributed by atoms with Gasteiger partial charge in [-0.1, -0.05) is 11.6 Å². The lowest BCUT2D eigenvalue weighted by atomic mass is 10.3. The molecule has 0 aliphatic carbocycles. The van der Waals surface area contributed by atoms with E-state index in [1.54, 1.807) is 35.7 Å². The maximum absolute atomic E-state index is 12.0. The third-order valence-electron chi connectivity index (χ3n) is 3.26. The molecule has 24 heavy (non-hydrogen) atoms. The summed E-state index contributed by atoms with van der Waals surface area (Å²) in [7, 11) is 1.90. The molecule has 1 heterocycles. The molecule has 0 fully saturated rings. The number of carbonyl (C=O) groups excluding carboxylic acids is 2. The normalized spacial score (nSPS) is 11.8. The number of likely N-dealkylation sites (N-methyl/N-ethyl adjacent to an activating group) is 1. The van der Waals surface area contributed by atoms with Crippen molar-refractivity contribution in [3.05, 3.63) is 46.3 Å². The molecule has 1 aromatic carbocycles. The maximum atomic E-state index is 12.0. The molecule has 0 saturated heterocycles. The van der Waals surface area contributed by atoms with Crippen LogP contribution in [0.5, 0.6) is 5.75 Å². The highest BCUT2D eigenvalue weighted by molar-refractivity contribution is 7.14. The van der Waals surface area contributed by atoms with Crippen molar-refractivity contribution < 1.29 is 19.2 Å². The summed E-state index contributed by atoms with van der Waals surface area (Å²) in [5, 5.41) is 5.58. The zero-order chi connectivity index (χ0) is 17.5. The van der Waals surface area contributed by atoms with Gasteiger partial charge in [0.1, 0.15) is 23.9 Å². The number of carbonyl (C=O) groups is 2. The van der Waals surface area contributed by atoms with Gasteiger partial charge in [0.15, 0.2) is 6.54 Å². The van der Waals surface area contributed by atoms with Crippen LogP contribution in [0.4, 0.5) is 5.00 Å². The first-order chi connectivity index (χ1) is 11.5. The first-order valence-electron chi connectivity index (χ1n) is 7.32. The number of rotatable bonds is 8. The van der Waals surface area contributed by atoms with E-state index in [1.165, 1.54) is 11.3 Å². The van der Waals surface area contributed by atoms with E-state index in [1.807, 2.05) is 7.05 Å². The van der Waals surface area contributed by atoms with Gasteiger partial charge in [-0.05, 0) is 35.7 Å². The zero-order valence-electron chi connectivity index (χ0n) is 13.2. The van der Waals surface area contributed by atoms with Crippen molar-refractivity contribution >= 4 is 39.8 Å².